The molecule has 0 radical (unpaired) electrons. The van der Waals surface area contributed by atoms with Crippen LogP contribution < -0.4 is 16.0 Å². The number of carbonyl (C=O) groups excluding carboxylic acids is 2. The Balaban J connectivity index is 1.53. The van der Waals surface area contributed by atoms with Crippen molar-refractivity contribution in [3.05, 3.63) is 0 Å². The van der Waals surface area contributed by atoms with Gasteiger partial charge in [0.15, 0.2) is 0 Å². The molecule has 0 aromatic rings. The second-order valence-corrected chi connectivity index (χ2v) is 6.41. The first-order valence-electron chi connectivity index (χ1n) is 8.53. The van der Waals surface area contributed by atoms with Crippen LogP contribution in [0.4, 0.5) is 0 Å². The van der Waals surface area contributed by atoms with Crippen molar-refractivity contribution in [2.45, 2.75) is 76.3 Å². The SMILES string of the molecule is O=C(CNCC(=O)NC1CCCCC1)NC1CCCCC1. The lowest BCUT2D eigenvalue weighted by Crippen LogP contribution is -2.45. The summed E-state index contributed by atoms with van der Waals surface area (Å²) in [5.74, 6) is 0.0136. The molecule has 2 aliphatic carbocycles. The van der Waals surface area contributed by atoms with Crippen LogP contribution in [0.25, 0.3) is 0 Å². The van der Waals surface area contributed by atoms with Crippen molar-refractivity contribution in [3.63, 3.8) is 0 Å². The second kappa shape index (κ2) is 9.03. The minimum absolute atomic E-state index is 0.00682. The van der Waals surface area contributed by atoms with Crippen molar-refractivity contribution >= 4 is 11.8 Å². The van der Waals surface area contributed by atoms with E-state index in [1.807, 2.05) is 0 Å². The first kappa shape index (κ1) is 16.3. The van der Waals surface area contributed by atoms with Gasteiger partial charge in [-0.15, -0.1) is 0 Å². The molecule has 0 bridgehead atoms. The molecule has 0 heterocycles. The van der Waals surface area contributed by atoms with E-state index in [1.165, 1.54) is 38.5 Å². The van der Waals surface area contributed by atoms with Gasteiger partial charge in [-0.25, -0.2) is 0 Å². The molecule has 2 saturated carbocycles. The van der Waals surface area contributed by atoms with Gasteiger partial charge in [0.05, 0.1) is 13.1 Å². The molecule has 120 valence electrons. The summed E-state index contributed by atoms with van der Waals surface area (Å²) in [6.07, 6.45) is 11.8. The summed E-state index contributed by atoms with van der Waals surface area (Å²) in [6, 6.07) is 0.674. The van der Waals surface area contributed by atoms with Gasteiger partial charge in [-0.1, -0.05) is 38.5 Å². The highest BCUT2D eigenvalue weighted by Gasteiger charge is 2.17. The maximum Gasteiger partial charge on any atom is 0.234 e. The lowest BCUT2D eigenvalue weighted by Gasteiger charge is -2.23. The Morgan fingerprint density at radius 3 is 1.43 bits per heavy atom. The second-order valence-electron chi connectivity index (χ2n) is 6.41. The van der Waals surface area contributed by atoms with E-state index in [2.05, 4.69) is 16.0 Å². The zero-order chi connectivity index (χ0) is 14.9. The fourth-order valence-electron chi connectivity index (χ4n) is 3.34. The number of hydrogen-bond acceptors (Lipinski definition) is 3. The summed E-state index contributed by atoms with van der Waals surface area (Å²) in [4.78, 5) is 23.6. The van der Waals surface area contributed by atoms with Gasteiger partial charge in [0.25, 0.3) is 0 Å². The highest BCUT2D eigenvalue weighted by Crippen LogP contribution is 2.17. The molecule has 21 heavy (non-hydrogen) atoms. The lowest BCUT2D eigenvalue weighted by atomic mass is 9.95. The zero-order valence-electron chi connectivity index (χ0n) is 13.0. The van der Waals surface area contributed by atoms with E-state index in [-0.39, 0.29) is 24.9 Å². The van der Waals surface area contributed by atoms with Gasteiger partial charge in [0.1, 0.15) is 0 Å². The Kier molecular flexibility index (Phi) is 7.00. The third-order valence-corrected chi connectivity index (χ3v) is 4.51. The fraction of sp³-hybridized carbons (Fsp3) is 0.875. The topological polar surface area (TPSA) is 70.2 Å². The summed E-state index contributed by atoms with van der Waals surface area (Å²) in [7, 11) is 0. The van der Waals surface area contributed by atoms with E-state index in [0.29, 0.717) is 12.1 Å². The predicted molar refractivity (Wildman–Crippen MR) is 82.9 cm³/mol. The molecule has 0 aromatic heterocycles. The quantitative estimate of drug-likeness (QED) is 0.695. The zero-order valence-corrected chi connectivity index (χ0v) is 13.0. The molecule has 2 aliphatic rings. The van der Waals surface area contributed by atoms with Crippen LogP contribution in [0.3, 0.4) is 0 Å². The van der Waals surface area contributed by atoms with Crippen molar-refractivity contribution < 1.29 is 9.59 Å². The van der Waals surface area contributed by atoms with E-state index >= 15 is 0 Å². The van der Waals surface area contributed by atoms with Gasteiger partial charge in [0, 0.05) is 12.1 Å². The molecule has 0 saturated heterocycles. The molecule has 0 spiro atoms. The van der Waals surface area contributed by atoms with Crippen molar-refractivity contribution in [2.75, 3.05) is 13.1 Å². The average Bonchev–Trinajstić information content (AvgIpc) is 2.49. The third kappa shape index (κ3) is 6.46. The van der Waals surface area contributed by atoms with Crippen LogP contribution in [0, 0.1) is 0 Å². The average molecular weight is 295 g/mol. The molecule has 2 fully saturated rings. The smallest absolute Gasteiger partial charge is 0.234 e. The molecule has 0 unspecified atom stereocenters. The number of nitrogens with one attached hydrogen (secondary N) is 3. The monoisotopic (exact) mass is 295 g/mol. The van der Waals surface area contributed by atoms with Crippen LogP contribution in [0.2, 0.25) is 0 Å². The van der Waals surface area contributed by atoms with Crippen molar-refractivity contribution in [2.24, 2.45) is 0 Å². The maximum atomic E-state index is 11.8. The molecule has 0 atom stereocenters. The van der Waals surface area contributed by atoms with E-state index in [1.54, 1.807) is 0 Å². The van der Waals surface area contributed by atoms with Gasteiger partial charge < -0.3 is 10.6 Å². The van der Waals surface area contributed by atoms with Crippen molar-refractivity contribution in [3.8, 4) is 0 Å². The minimum Gasteiger partial charge on any atom is -0.352 e. The molecule has 5 nitrogen and oxygen atoms in total. The van der Waals surface area contributed by atoms with Crippen molar-refractivity contribution in [1.29, 1.82) is 0 Å². The first-order chi connectivity index (χ1) is 10.2. The molecule has 0 aromatic carbocycles. The highest BCUT2D eigenvalue weighted by molar-refractivity contribution is 5.81. The molecule has 2 amide bonds. The van der Waals surface area contributed by atoms with Crippen LogP contribution in [-0.4, -0.2) is 37.0 Å². The largest absolute Gasteiger partial charge is 0.352 e. The molecular formula is C16H29N3O2. The van der Waals surface area contributed by atoms with Crippen LogP contribution >= 0.6 is 0 Å². The Morgan fingerprint density at radius 2 is 1.05 bits per heavy atom. The number of rotatable bonds is 6. The Hall–Kier alpha value is -1.10. The standard InChI is InChI=1S/C16H29N3O2/c20-15(18-13-7-3-1-4-8-13)11-17-12-16(21)19-14-9-5-2-6-10-14/h13-14,17H,1-12H2,(H,18,20)(H,19,21). The highest BCUT2D eigenvalue weighted by atomic mass is 16.2. The molecule has 5 heteroatoms. The summed E-state index contributed by atoms with van der Waals surface area (Å²) in [5, 5.41) is 9.02. The summed E-state index contributed by atoms with van der Waals surface area (Å²) >= 11 is 0. The lowest BCUT2D eigenvalue weighted by molar-refractivity contribution is -0.122. The van der Waals surface area contributed by atoms with Crippen LogP contribution in [0.1, 0.15) is 64.2 Å². The minimum atomic E-state index is 0.00682. The van der Waals surface area contributed by atoms with E-state index in [4.69, 9.17) is 0 Å². The predicted octanol–water partition coefficient (Wildman–Crippen LogP) is 1.47. The number of hydrogen-bond donors (Lipinski definition) is 3. The van der Waals surface area contributed by atoms with Crippen molar-refractivity contribution in [1.82, 2.24) is 16.0 Å². The van der Waals surface area contributed by atoms with E-state index in [0.717, 1.165) is 25.7 Å². The van der Waals surface area contributed by atoms with Gasteiger partial charge in [-0.3, -0.25) is 14.9 Å². The maximum absolute atomic E-state index is 11.8. The van der Waals surface area contributed by atoms with Crippen LogP contribution in [0.15, 0.2) is 0 Å². The van der Waals surface area contributed by atoms with Gasteiger partial charge in [-0.2, -0.15) is 0 Å². The third-order valence-electron chi connectivity index (χ3n) is 4.51. The van der Waals surface area contributed by atoms with Gasteiger partial charge in [-0.05, 0) is 25.7 Å². The van der Waals surface area contributed by atoms with E-state index < -0.39 is 0 Å². The van der Waals surface area contributed by atoms with Crippen LogP contribution in [-0.2, 0) is 9.59 Å². The Morgan fingerprint density at radius 1 is 0.667 bits per heavy atom. The van der Waals surface area contributed by atoms with Crippen LogP contribution in [0.5, 0.6) is 0 Å². The van der Waals surface area contributed by atoms with Gasteiger partial charge >= 0.3 is 0 Å². The summed E-state index contributed by atoms with van der Waals surface area (Å²) in [5.41, 5.74) is 0. The normalized spacial score (nSPS) is 21.0. The molecule has 0 aliphatic heterocycles. The summed E-state index contributed by atoms with van der Waals surface area (Å²) < 4.78 is 0. The number of amides is 2. The molecule has 2 rings (SSSR count). The van der Waals surface area contributed by atoms with E-state index in [9.17, 15) is 9.59 Å². The number of carbonyl (C=O) groups is 2. The molecule has 3 N–H and O–H groups in total. The summed E-state index contributed by atoms with van der Waals surface area (Å²) in [6.45, 7) is 0.461. The fourth-order valence-corrected chi connectivity index (χ4v) is 3.34. The molecular weight excluding hydrogens is 266 g/mol. The van der Waals surface area contributed by atoms with Gasteiger partial charge in [0.2, 0.25) is 11.8 Å². The Labute approximate surface area is 127 Å². The Bertz CT molecular complexity index is 302. The first-order valence-corrected chi connectivity index (χ1v) is 8.53.